The molecule has 4 heterocycles. The Hall–Kier alpha value is -3.34. The molecule has 1 N–H and O–H groups in total. The highest BCUT2D eigenvalue weighted by atomic mass is 35.5. The van der Waals surface area contributed by atoms with Crippen molar-refractivity contribution >= 4 is 28.5 Å². The monoisotopic (exact) mass is 483 g/mol. The molecule has 5 nitrogen and oxygen atoms in total. The predicted octanol–water partition coefficient (Wildman–Crippen LogP) is 5.59. The van der Waals surface area contributed by atoms with E-state index in [0.29, 0.717) is 28.6 Å². The summed E-state index contributed by atoms with van der Waals surface area (Å²) in [5.74, 6) is -3.17. The summed E-state index contributed by atoms with van der Waals surface area (Å²) in [6.45, 7) is 0.0950. The van der Waals surface area contributed by atoms with E-state index in [1.165, 1.54) is 17.0 Å². The van der Waals surface area contributed by atoms with Gasteiger partial charge in [0.1, 0.15) is 17.6 Å². The van der Waals surface area contributed by atoms with Crippen LogP contribution in [0.15, 0.2) is 36.5 Å². The second kappa shape index (κ2) is 7.62. The van der Waals surface area contributed by atoms with Crippen molar-refractivity contribution in [3.8, 4) is 0 Å². The molecule has 5 rings (SSSR count). The van der Waals surface area contributed by atoms with Gasteiger partial charge < -0.3 is 9.88 Å². The molecular weight excluding hydrogens is 472 g/mol. The van der Waals surface area contributed by atoms with Crippen LogP contribution in [0.25, 0.3) is 10.9 Å². The highest BCUT2D eigenvalue weighted by molar-refractivity contribution is 6.31. The van der Waals surface area contributed by atoms with Crippen molar-refractivity contribution in [1.29, 1.82) is 0 Å². The quantitative estimate of drug-likeness (QED) is 0.298. The highest BCUT2D eigenvalue weighted by Crippen LogP contribution is 2.41. The Morgan fingerprint density at radius 1 is 1.06 bits per heavy atom. The average molecular weight is 484 g/mol. The summed E-state index contributed by atoms with van der Waals surface area (Å²) in [7, 11) is 0. The fraction of sp³-hybridized carbons (Fsp3) is 0.190. The lowest BCUT2D eigenvalue weighted by molar-refractivity contribution is -0.141. The van der Waals surface area contributed by atoms with Crippen LogP contribution >= 0.6 is 11.6 Å². The molecule has 0 saturated heterocycles. The molecule has 1 atom stereocenters. The van der Waals surface area contributed by atoms with Crippen molar-refractivity contribution in [3.05, 3.63) is 81.8 Å². The number of aromatic nitrogens is 4. The second-order valence-corrected chi connectivity index (χ2v) is 7.84. The molecule has 4 aromatic rings. The van der Waals surface area contributed by atoms with E-state index in [4.69, 9.17) is 11.6 Å². The van der Waals surface area contributed by atoms with Gasteiger partial charge in [-0.1, -0.05) is 11.6 Å². The van der Waals surface area contributed by atoms with Gasteiger partial charge in [0.15, 0.2) is 0 Å². The van der Waals surface area contributed by atoms with Crippen LogP contribution in [0, 0.1) is 17.7 Å². The van der Waals surface area contributed by atoms with Crippen LogP contribution in [0.3, 0.4) is 0 Å². The van der Waals surface area contributed by atoms with E-state index in [9.17, 15) is 26.3 Å². The molecule has 0 radical (unpaired) electrons. The maximum Gasteiger partial charge on any atom is 0.433 e. The predicted molar refractivity (Wildman–Crippen MR) is 107 cm³/mol. The zero-order valence-electron chi connectivity index (χ0n) is 16.4. The minimum absolute atomic E-state index is 0.0950. The Balaban J connectivity index is 1.73. The first-order chi connectivity index (χ1) is 15.6. The molecule has 33 heavy (non-hydrogen) atoms. The second-order valence-electron chi connectivity index (χ2n) is 7.43. The molecule has 1 unspecified atom stereocenters. The largest absolute Gasteiger partial charge is 0.433 e. The first kappa shape index (κ1) is 21.5. The van der Waals surface area contributed by atoms with Crippen LogP contribution < -0.4 is 4.90 Å². The van der Waals surface area contributed by atoms with Gasteiger partial charge in [0.05, 0.1) is 5.02 Å². The lowest BCUT2D eigenvalue weighted by Gasteiger charge is -2.36. The molecular formula is C21H12ClF6N5. The number of benzene rings is 1. The zero-order chi connectivity index (χ0) is 23.5. The van der Waals surface area contributed by atoms with Crippen LogP contribution in [0.4, 0.5) is 32.3 Å². The first-order valence-corrected chi connectivity index (χ1v) is 9.99. The van der Waals surface area contributed by atoms with Gasteiger partial charge in [0, 0.05) is 34.9 Å². The Morgan fingerprint density at radius 2 is 1.85 bits per heavy atom. The number of nitrogens with one attached hydrogen (secondary N) is 1. The molecule has 0 amide bonds. The van der Waals surface area contributed by atoms with Gasteiger partial charge in [0.2, 0.25) is 17.8 Å². The first-order valence-electron chi connectivity index (χ1n) is 9.62. The number of pyridine rings is 1. The number of H-pyrrole nitrogens is 1. The summed E-state index contributed by atoms with van der Waals surface area (Å²) >= 11 is 5.93. The van der Waals surface area contributed by atoms with Gasteiger partial charge in [-0.3, -0.25) is 0 Å². The maximum absolute atomic E-state index is 14.8. The lowest BCUT2D eigenvalue weighted by atomic mass is 9.93. The standard InChI is InChI=1S/C21H12ClF6N5/c22-12-7-11-9-4-6-33(20-29-5-3-15(31-20)21(26,27)28)18(10-1-2-16(24)32-19(10)25)17(9)30-14(11)8-13(12)23/h1-3,5,7-8,18,30H,4,6H2. The van der Waals surface area contributed by atoms with Crippen molar-refractivity contribution in [2.75, 3.05) is 11.4 Å². The van der Waals surface area contributed by atoms with Crippen LogP contribution in [-0.4, -0.2) is 26.5 Å². The molecule has 0 spiro atoms. The molecule has 1 aliphatic heterocycles. The number of rotatable bonds is 2. The van der Waals surface area contributed by atoms with E-state index < -0.39 is 35.6 Å². The van der Waals surface area contributed by atoms with Gasteiger partial charge in [-0.05, 0) is 42.3 Å². The number of hydrogen-bond acceptors (Lipinski definition) is 4. The molecule has 0 fully saturated rings. The van der Waals surface area contributed by atoms with E-state index in [0.717, 1.165) is 24.4 Å². The lowest BCUT2D eigenvalue weighted by Crippen LogP contribution is -2.38. The van der Waals surface area contributed by atoms with E-state index in [2.05, 4.69) is 19.9 Å². The average Bonchev–Trinajstić information content (AvgIpc) is 3.10. The normalized spacial score (nSPS) is 16.3. The van der Waals surface area contributed by atoms with Crippen LogP contribution in [0.2, 0.25) is 5.02 Å². The fourth-order valence-corrected chi connectivity index (χ4v) is 4.26. The van der Waals surface area contributed by atoms with Crippen LogP contribution in [0.5, 0.6) is 0 Å². The third-order valence-electron chi connectivity index (χ3n) is 5.50. The summed E-state index contributed by atoms with van der Waals surface area (Å²) in [4.78, 5) is 15.2. The van der Waals surface area contributed by atoms with E-state index >= 15 is 0 Å². The molecule has 0 saturated carbocycles. The number of hydrogen-bond donors (Lipinski definition) is 1. The molecule has 12 heteroatoms. The Labute approximate surface area is 187 Å². The van der Waals surface area contributed by atoms with E-state index in [-0.39, 0.29) is 23.1 Å². The molecule has 170 valence electrons. The van der Waals surface area contributed by atoms with Crippen molar-refractivity contribution in [3.63, 3.8) is 0 Å². The smallest absolute Gasteiger partial charge is 0.356 e. The Morgan fingerprint density at radius 3 is 2.58 bits per heavy atom. The summed E-state index contributed by atoms with van der Waals surface area (Å²) < 4.78 is 82.0. The topological polar surface area (TPSA) is 57.7 Å². The van der Waals surface area contributed by atoms with Gasteiger partial charge in [-0.2, -0.15) is 26.9 Å². The maximum atomic E-state index is 14.8. The zero-order valence-corrected chi connectivity index (χ0v) is 17.1. The summed E-state index contributed by atoms with van der Waals surface area (Å²) in [5.41, 5.74) is 0.126. The minimum Gasteiger partial charge on any atom is -0.356 e. The van der Waals surface area contributed by atoms with Crippen molar-refractivity contribution in [2.45, 2.75) is 18.6 Å². The SMILES string of the molecule is Fc1ccc(C2c3[nH]c4cc(F)c(Cl)cc4c3CCN2c2nccc(C(F)(F)F)n2)c(F)n1. The number of anilines is 1. The summed E-state index contributed by atoms with van der Waals surface area (Å²) in [5, 5.41) is 0.473. The van der Waals surface area contributed by atoms with Crippen LogP contribution in [0.1, 0.15) is 28.6 Å². The van der Waals surface area contributed by atoms with E-state index in [1.54, 1.807) is 0 Å². The van der Waals surface area contributed by atoms with Gasteiger partial charge >= 0.3 is 6.18 Å². The number of fused-ring (bicyclic) bond motifs is 3. The number of aromatic amines is 1. The third kappa shape index (κ3) is 3.65. The van der Waals surface area contributed by atoms with Gasteiger partial charge in [0.25, 0.3) is 0 Å². The van der Waals surface area contributed by atoms with Crippen molar-refractivity contribution in [2.24, 2.45) is 0 Å². The molecule has 1 aliphatic rings. The van der Waals surface area contributed by atoms with Crippen molar-refractivity contribution in [1.82, 2.24) is 19.9 Å². The van der Waals surface area contributed by atoms with Crippen LogP contribution in [-0.2, 0) is 12.6 Å². The Bertz CT molecular complexity index is 1390. The summed E-state index contributed by atoms with van der Waals surface area (Å²) in [6.07, 6.45) is -3.47. The number of alkyl halides is 3. The number of halogens is 7. The van der Waals surface area contributed by atoms with Crippen molar-refractivity contribution < 1.29 is 26.3 Å². The minimum atomic E-state index is -4.72. The summed E-state index contributed by atoms with van der Waals surface area (Å²) in [6, 6.07) is 4.33. The van der Waals surface area contributed by atoms with Gasteiger partial charge in [-0.25, -0.2) is 14.4 Å². The fourth-order valence-electron chi connectivity index (χ4n) is 4.10. The molecule has 1 aromatic carbocycles. The van der Waals surface area contributed by atoms with Gasteiger partial charge in [-0.15, -0.1) is 0 Å². The highest BCUT2D eigenvalue weighted by Gasteiger charge is 2.38. The van der Waals surface area contributed by atoms with E-state index in [1.807, 2.05) is 0 Å². The Kier molecular flexibility index (Phi) is 4.96. The molecule has 0 bridgehead atoms. The number of nitrogens with zero attached hydrogens (tertiary/aromatic N) is 4. The molecule has 3 aromatic heterocycles. The molecule has 0 aliphatic carbocycles. The third-order valence-corrected chi connectivity index (χ3v) is 5.79.